The molecule has 1 saturated heterocycles. The van der Waals surface area contributed by atoms with E-state index in [0.717, 1.165) is 19.4 Å². The Balaban J connectivity index is 1.77. The van der Waals surface area contributed by atoms with Crippen LogP contribution in [0.5, 0.6) is 0 Å². The molecule has 2 heterocycles. The number of pyridine rings is 1. The molecule has 1 saturated carbocycles. The Labute approximate surface area is 142 Å². The molecule has 3 rings (SSSR count). The van der Waals surface area contributed by atoms with Gasteiger partial charge in [-0.3, -0.25) is 0 Å². The predicted octanol–water partition coefficient (Wildman–Crippen LogP) is 2.50. The third-order valence-corrected chi connectivity index (χ3v) is 5.72. The van der Waals surface area contributed by atoms with Gasteiger partial charge >= 0.3 is 0 Å². The fourth-order valence-electron chi connectivity index (χ4n) is 4.80. The van der Waals surface area contributed by atoms with Gasteiger partial charge in [-0.1, -0.05) is 25.4 Å². The predicted molar refractivity (Wildman–Crippen MR) is 90.3 cm³/mol. The molecule has 2 aliphatic rings. The third kappa shape index (κ3) is 2.69. The minimum Gasteiger partial charge on any atom is -0.391 e. The van der Waals surface area contributed by atoms with Gasteiger partial charge in [0.15, 0.2) is 0 Å². The molecule has 1 aliphatic heterocycles. The zero-order valence-corrected chi connectivity index (χ0v) is 14.5. The molecule has 0 amide bonds. The minimum atomic E-state index is -0.423. The molecule has 0 radical (unpaired) electrons. The fraction of sp³-hybridized carbons (Fsp3) is 0.647. The summed E-state index contributed by atoms with van der Waals surface area (Å²) in [5, 5.41) is 23.2. The van der Waals surface area contributed by atoms with Crippen molar-refractivity contribution in [1.29, 1.82) is 5.26 Å². The maximum Gasteiger partial charge on any atom is 0.146 e. The van der Waals surface area contributed by atoms with Gasteiger partial charge in [-0.25, -0.2) is 4.98 Å². The van der Waals surface area contributed by atoms with Crippen LogP contribution in [0.2, 0.25) is 5.02 Å². The third-order valence-electron chi connectivity index (χ3n) is 5.34. The largest absolute Gasteiger partial charge is 0.391 e. The van der Waals surface area contributed by atoms with Crippen LogP contribution in [0.3, 0.4) is 0 Å². The van der Waals surface area contributed by atoms with E-state index in [1.807, 2.05) is 0 Å². The van der Waals surface area contributed by atoms with Crippen LogP contribution >= 0.6 is 11.6 Å². The second-order valence-electron chi connectivity index (χ2n) is 7.33. The maximum absolute atomic E-state index is 10.5. The molecule has 2 unspecified atom stereocenters. The average molecular weight is 335 g/mol. The van der Waals surface area contributed by atoms with Gasteiger partial charge < -0.3 is 15.3 Å². The van der Waals surface area contributed by atoms with Gasteiger partial charge in [0.1, 0.15) is 16.9 Å². The second-order valence-corrected chi connectivity index (χ2v) is 7.70. The molecule has 0 bridgehead atoms. The number of aliphatic hydroxyl groups excluding tert-OH is 1. The van der Waals surface area contributed by atoms with Gasteiger partial charge in [0, 0.05) is 24.2 Å². The summed E-state index contributed by atoms with van der Waals surface area (Å²) in [5.74, 6) is 1.05. The van der Waals surface area contributed by atoms with Crippen LogP contribution in [0.25, 0.3) is 0 Å². The maximum atomic E-state index is 10.5. The molecule has 1 aromatic heterocycles. The lowest BCUT2D eigenvalue weighted by Crippen LogP contribution is -2.64. The van der Waals surface area contributed by atoms with Crippen LogP contribution in [0, 0.1) is 22.7 Å². The average Bonchev–Trinajstić information content (AvgIpc) is 2.78. The number of nitriles is 1. The molecule has 23 heavy (non-hydrogen) atoms. The number of hydrogen-bond acceptors (Lipinski definition) is 5. The monoisotopic (exact) mass is 334 g/mol. The number of anilines is 1. The van der Waals surface area contributed by atoms with Gasteiger partial charge in [-0.15, -0.1) is 0 Å². The first-order valence-corrected chi connectivity index (χ1v) is 8.45. The van der Waals surface area contributed by atoms with Gasteiger partial charge in [0.05, 0.1) is 17.7 Å². The number of halogens is 1. The molecule has 0 aromatic carbocycles. The van der Waals surface area contributed by atoms with E-state index in [-0.39, 0.29) is 11.5 Å². The van der Waals surface area contributed by atoms with Crippen LogP contribution in [-0.4, -0.2) is 46.8 Å². The van der Waals surface area contributed by atoms with Crippen LogP contribution in [0.15, 0.2) is 12.3 Å². The van der Waals surface area contributed by atoms with E-state index in [1.54, 1.807) is 12.3 Å². The first-order valence-electron chi connectivity index (χ1n) is 8.07. The molecule has 1 aliphatic carbocycles. The summed E-state index contributed by atoms with van der Waals surface area (Å²) in [4.78, 5) is 6.61. The summed E-state index contributed by atoms with van der Waals surface area (Å²) in [5.41, 5.74) is 0.564. The van der Waals surface area contributed by atoms with Gasteiger partial charge in [0.2, 0.25) is 0 Å². The van der Waals surface area contributed by atoms with Crippen molar-refractivity contribution < 1.29 is 5.11 Å². The van der Waals surface area contributed by atoms with Gasteiger partial charge in [0.25, 0.3) is 0 Å². The number of nitrogens with one attached hydrogen (secondary N) is 1. The van der Waals surface area contributed by atoms with Crippen molar-refractivity contribution in [3.63, 3.8) is 0 Å². The smallest absolute Gasteiger partial charge is 0.146 e. The Morgan fingerprint density at radius 3 is 2.87 bits per heavy atom. The molecule has 6 heteroatoms. The molecular weight excluding hydrogens is 312 g/mol. The SMILES string of the molecule is CC(C)C1N(C)CC12C[C@@H](O)[C@H](Nc1nccc(C#N)c1Cl)C2. The second kappa shape index (κ2) is 5.94. The van der Waals surface area contributed by atoms with Crippen molar-refractivity contribution in [2.45, 2.75) is 44.9 Å². The number of nitrogens with zero attached hydrogens (tertiary/aromatic N) is 3. The molecular formula is C17H23ClN4O. The summed E-state index contributed by atoms with van der Waals surface area (Å²) in [6.07, 6.45) is 2.84. The van der Waals surface area contributed by atoms with E-state index in [2.05, 4.69) is 42.2 Å². The van der Waals surface area contributed by atoms with E-state index in [4.69, 9.17) is 16.9 Å². The number of likely N-dealkylation sites (tertiary alicyclic amines) is 1. The molecule has 124 valence electrons. The summed E-state index contributed by atoms with van der Waals surface area (Å²) in [7, 11) is 2.15. The lowest BCUT2D eigenvalue weighted by molar-refractivity contribution is -0.0825. The highest BCUT2D eigenvalue weighted by Crippen LogP contribution is 2.52. The zero-order valence-electron chi connectivity index (χ0n) is 13.8. The Bertz CT molecular complexity index is 639. The summed E-state index contributed by atoms with van der Waals surface area (Å²) in [6.45, 7) is 5.50. The van der Waals surface area contributed by atoms with Gasteiger partial charge in [-0.05, 0) is 31.9 Å². The van der Waals surface area contributed by atoms with Gasteiger partial charge in [-0.2, -0.15) is 5.26 Å². The first-order chi connectivity index (χ1) is 10.9. The Morgan fingerprint density at radius 1 is 1.52 bits per heavy atom. The molecule has 1 aromatic rings. The highest BCUT2D eigenvalue weighted by atomic mass is 35.5. The zero-order chi connectivity index (χ0) is 16.8. The van der Waals surface area contributed by atoms with Crippen LogP contribution < -0.4 is 5.32 Å². The van der Waals surface area contributed by atoms with E-state index in [9.17, 15) is 5.11 Å². The van der Waals surface area contributed by atoms with E-state index < -0.39 is 6.10 Å². The van der Waals surface area contributed by atoms with E-state index in [0.29, 0.717) is 28.4 Å². The summed E-state index contributed by atoms with van der Waals surface area (Å²) in [6, 6.07) is 4.07. The van der Waals surface area contributed by atoms with Crippen LogP contribution in [0.1, 0.15) is 32.3 Å². The van der Waals surface area contributed by atoms with Crippen LogP contribution in [0.4, 0.5) is 5.82 Å². The quantitative estimate of drug-likeness (QED) is 0.888. The lowest BCUT2D eigenvalue weighted by atomic mass is 9.66. The minimum absolute atomic E-state index is 0.0797. The van der Waals surface area contributed by atoms with Crippen molar-refractivity contribution in [3.8, 4) is 6.07 Å². The number of rotatable bonds is 3. The summed E-state index contributed by atoms with van der Waals surface area (Å²) >= 11 is 6.22. The molecule has 5 nitrogen and oxygen atoms in total. The van der Waals surface area contributed by atoms with Crippen molar-refractivity contribution in [1.82, 2.24) is 9.88 Å². The highest BCUT2D eigenvalue weighted by molar-refractivity contribution is 6.34. The topological polar surface area (TPSA) is 72.2 Å². The fourth-order valence-corrected chi connectivity index (χ4v) is 5.01. The normalized spacial score (nSPS) is 33.7. The van der Waals surface area contributed by atoms with Crippen molar-refractivity contribution in [3.05, 3.63) is 22.8 Å². The Hall–Kier alpha value is -1.35. The van der Waals surface area contributed by atoms with Crippen molar-refractivity contribution in [2.24, 2.45) is 11.3 Å². The van der Waals surface area contributed by atoms with Crippen LogP contribution in [-0.2, 0) is 0 Å². The molecule has 2 N–H and O–H groups in total. The Morgan fingerprint density at radius 2 is 2.26 bits per heavy atom. The first kappa shape index (κ1) is 16.5. The number of aliphatic hydroxyl groups is 1. The molecule has 2 fully saturated rings. The number of hydrogen-bond donors (Lipinski definition) is 2. The lowest BCUT2D eigenvalue weighted by Gasteiger charge is -2.57. The summed E-state index contributed by atoms with van der Waals surface area (Å²) < 4.78 is 0. The van der Waals surface area contributed by atoms with E-state index in [1.165, 1.54) is 0 Å². The molecule has 4 atom stereocenters. The Kier molecular flexibility index (Phi) is 4.26. The van der Waals surface area contributed by atoms with E-state index >= 15 is 0 Å². The van der Waals surface area contributed by atoms with Crippen molar-refractivity contribution >= 4 is 17.4 Å². The highest BCUT2D eigenvalue weighted by Gasteiger charge is 2.58. The standard InChI is InChI=1S/C17H23ClN4O/c1-10(2)15-17(9-22(15)3)6-12(13(23)7-17)21-16-14(18)11(8-19)4-5-20-16/h4-5,10,12-13,15,23H,6-7,9H2,1-3H3,(H,20,21)/t12-,13-,15?,17?/m1/s1. The molecule has 1 spiro atoms. The number of aromatic nitrogens is 1. The van der Waals surface area contributed by atoms with Crippen molar-refractivity contribution in [2.75, 3.05) is 18.9 Å².